The Morgan fingerprint density at radius 1 is 1.36 bits per heavy atom. The quantitative estimate of drug-likeness (QED) is 0.686. The average molecular weight is 198 g/mol. The Balaban J connectivity index is 2.25. The molecule has 1 heterocycles. The molecule has 0 radical (unpaired) electrons. The molecule has 1 N–H and O–H groups in total. The molecule has 1 saturated heterocycles. The zero-order chi connectivity index (χ0) is 10.6. The van der Waals surface area contributed by atoms with Gasteiger partial charge >= 0.3 is 0 Å². The molecule has 0 spiro atoms. The van der Waals surface area contributed by atoms with Crippen molar-refractivity contribution in [1.29, 1.82) is 0 Å². The Labute approximate surface area is 86.9 Å². The van der Waals surface area contributed by atoms with Gasteiger partial charge in [0.15, 0.2) is 0 Å². The number of rotatable bonds is 4. The Morgan fingerprint density at radius 3 is 2.43 bits per heavy atom. The molecule has 1 aliphatic heterocycles. The number of carbonyl (C=O) groups is 1. The van der Waals surface area contributed by atoms with E-state index in [0.717, 1.165) is 26.1 Å². The summed E-state index contributed by atoms with van der Waals surface area (Å²) in [5.41, 5.74) is 0. The first-order chi connectivity index (χ1) is 6.65. The highest BCUT2D eigenvalue weighted by Crippen LogP contribution is 2.21. The maximum absolute atomic E-state index is 11.7. The van der Waals surface area contributed by atoms with Gasteiger partial charge in [0.2, 0.25) is 5.91 Å². The van der Waals surface area contributed by atoms with E-state index in [4.69, 9.17) is 0 Å². The fourth-order valence-corrected chi connectivity index (χ4v) is 1.82. The molecular formula is C11H22N2O. The van der Waals surface area contributed by atoms with Crippen LogP contribution in [-0.2, 0) is 4.79 Å². The molecule has 0 aromatic carbocycles. The van der Waals surface area contributed by atoms with Gasteiger partial charge in [-0.25, -0.2) is 0 Å². The van der Waals surface area contributed by atoms with E-state index in [2.05, 4.69) is 26.1 Å². The number of amides is 1. The maximum atomic E-state index is 11.7. The van der Waals surface area contributed by atoms with E-state index in [-0.39, 0.29) is 5.91 Å². The minimum absolute atomic E-state index is 0.259. The molecule has 3 heteroatoms. The molecule has 1 aliphatic rings. The van der Waals surface area contributed by atoms with Gasteiger partial charge in [0.25, 0.3) is 0 Å². The van der Waals surface area contributed by atoms with E-state index in [1.165, 1.54) is 0 Å². The number of carbonyl (C=O) groups excluding carboxylic acids is 1. The lowest BCUT2D eigenvalue weighted by atomic mass is 10.0. The van der Waals surface area contributed by atoms with Gasteiger partial charge in [-0.3, -0.25) is 4.79 Å². The summed E-state index contributed by atoms with van der Waals surface area (Å²) in [5.74, 6) is 1.57. The lowest BCUT2D eigenvalue weighted by Crippen LogP contribution is -2.37. The molecule has 2 atom stereocenters. The van der Waals surface area contributed by atoms with Crippen molar-refractivity contribution >= 4 is 5.91 Å². The van der Waals surface area contributed by atoms with Crippen molar-refractivity contribution in [1.82, 2.24) is 10.2 Å². The monoisotopic (exact) mass is 198 g/mol. The predicted molar refractivity (Wildman–Crippen MR) is 58.1 cm³/mol. The second-order valence-corrected chi connectivity index (χ2v) is 4.43. The lowest BCUT2D eigenvalue weighted by molar-refractivity contribution is -0.129. The van der Waals surface area contributed by atoms with Gasteiger partial charge in [0.05, 0.1) is 6.54 Å². The zero-order valence-electron chi connectivity index (χ0n) is 9.55. The van der Waals surface area contributed by atoms with E-state index in [1.807, 2.05) is 4.90 Å². The fraction of sp³-hybridized carbons (Fsp3) is 0.909. The van der Waals surface area contributed by atoms with E-state index < -0.39 is 0 Å². The van der Waals surface area contributed by atoms with Crippen LogP contribution in [0.4, 0.5) is 0 Å². The first kappa shape index (κ1) is 11.5. The summed E-state index contributed by atoms with van der Waals surface area (Å²) < 4.78 is 0. The lowest BCUT2D eigenvalue weighted by Gasteiger charge is -2.16. The van der Waals surface area contributed by atoms with Crippen molar-refractivity contribution < 1.29 is 4.79 Å². The van der Waals surface area contributed by atoms with Crippen LogP contribution in [0.25, 0.3) is 0 Å². The van der Waals surface area contributed by atoms with Crippen LogP contribution in [-0.4, -0.2) is 37.0 Å². The van der Waals surface area contributed by atoms with Gasteiger partial charge in [-0.1, -0.05) is 20.8 Å². The minimum atomic E-state index is 0.259. The van der Waals surface area contributed by atoms with Crippen molar-refractivity contribution in [3.63, 3.8) is 0 Å². The first-order valence-corrected chi connectivity index (χ1v) is 5.63. The Morgan fingerprint density at radius 2 is 1.93 bits per heavy atom. The molecule has 1 amide bonds. The Kier molecular flexibility index (Phi) is 4.39. The topological polar surface area (TPSA) is 32.3 Å². The van der Waals surface area contributed by atoms with E-state index in [1.54, 1.807) is 0 Å². The highest BCUT2D eigenvalue weighted by molar-refractivity contribution is 5.78. The molecule has 1 rings (SSSR count). The number of hydrogen-bond acceptors (Lipinski definition) is 2. The van der Waals surface area contributed by atoms with E-state index >= 15 is 0 Å². The van der Waals surface area contributed by atoms with Crippen molar-refractivity contribution in [2.24, 2.45) is 11.8 Å². The number of nitrogens with one attached hydrogen (secondary N) is 1. The average Bonchev–Trinajstić information content (AvgIpc) is 2.47. The van der Waals surface area contributed by atoms with Crippen LogP contribution in [0, 0.1) is 11.8 Å². The Hall–Kier alpha value is -0.570. The SMILES string of the molecule is CCCNCC(=O)N1CC(C)C(C)C1. The van der Waals surface area contributed by atoms with Crippen molar-refractivity contribution in [3.05, 3.63) is 0 Å². The third-order valence-corrected chi connectivity index (χ3v) is 3.04. The molecule has 2 unspecified atom stereocenters. The van der Waals surface area contributed by atoms with Crippen LogP contribution >= 0.6 is 0 Å². The summed E-state index contributed by atoms with van der Waals surface area (Å²) in [7, 11) is 0. The van der Waals surface area contributed by atoms with Gasteiger partial charge in [-0.15, -0.1) is 0 Å². The summed E-state index contributed by atoms with van der Waals surface area (Å²) in [4.78, 5) is 13.7. The molecule has 0 aromatic rings. The highest BCUT2D eigenvalue weighted by Gasteiger charge is 2.28. The fourth-order valence-electron chi connectivity index (χ4n) is 1.82. The van der Waals surface area contributed by atoms with Crippen molar-refractivity contribution in [2.45, 2.75) is 27.2 Å². The summed E-state index contributed by atoms with van der Waals surface area (Å²) in [5, 5.41) is 3.15. The number of nitrogens with zero attached hydrogens (tertiary/aromatic N) is 1. The largest absolute Gasteiger partial charge is 0.341 e. The third kappa shape index (κ3) is 2.98. The Bertz CT molecular complexity index is 184. The third-order valence-electron chi connectivity index (χ3n) is 3.04. The van der Waals surface area contributed by atoms with Crippen LogP contribution in [0.2, 0.25) is 0 Å². The summed E-state index contributed by atoms with van der Waals surface area (Å²) in [6, 6.07) is 0. The van der Waals surface area contributed by atoms with Crippen LogP contribution in [0.15, 0.2) is 0 Å². The predicted octanol–water partition coefficient (Wildman–Crippen LogP) is 1.10. The minimum Gasteiger partial charge on any atom is -0.341 e. The molecular weight excluding hydrogens is 176 g/mol. The molecule has 0 aliphatic carbocycles. The summed E-state index contributed by atoms with van der Waals surface area (Å²) in [6.07, 6.45) is 1.08. The van der Waals surface area contributed by atoms with Gasteiger partial charge in [-0.2, -0.15) is 0 Å². The molecule has 0 aromatic heterocycles. The molecule has 3 nitrogen and oxygen atoms in total. The molecule has 82 valence electrons. The maximum Gasteiger partial charge on any atom is 0.236 e. The second kappa shape index (κ2) is 5.35. The van der Waals surface area contributed by atoms with Crippen molar-refractivity contribution in [2.75, 3.05) is 26.2 Å². The highest BCUT2D eigenvalue weighted by atomic mass is 16.2. The molecule has 0 bridgehead atoms. The van der Waals surface area contributed by atoms with Gasteiger partial charge in [0.1, 0.15) is 0 Å². The number of likely N-dealkylation sites (tertiary alicyclic amines) is 1. The van der Waals surface area contributed by atoms with Crippen LogP contribution in [0.5, 0.6) is 0 Å². The van der Waals surface area contributed by atoms with Crippen LogP contribution in [0.1, 0.15) is 27.2 Å². The summed E-state index contributed by atoms with van der Waals surface area (Å²) in [6.45, 7) is 9.87. The normalized spacial score (nSPS) is 26.9. The van der Waals surface area contributed by atoms with Gasteiger partial charge in [0, 0.05) is 13.1 Å². The smallest absolute Gasteiger partial charge is 0.236 e. The standard InChI is InChI=1S/C11H22N2O/c1-4-5-12-6-11(14)13-7-9(2)10(3)8-13/h9-10,12H,4-8H2,1-3H3. The first-order valence-electron chi connectivity index (χ1n) is 5.63. The van der Waals surface area contributed by atoms with Gasteiger partial charge < -0.3 is 10.2 Å². The van der Waals surface area contributed by atoms with Gasteiger partial charge in [-0.05, 0) is 24.8 Å². The molecule has 1 fully saturated rings. The summed E-state index contributed by atoms with van der Waals surface area (Å²) >= 11 is 0. The molecule has 14 heavy (non-hydrogen) atoms. The molecule has 0 saturated carbocycles. The van der Waals surface area contributed by atoms with Crippen LogP contribution < -0.4 is 5.32 Å². The van der Waals surface area contributed by atoms with Crippen LogP contribution in [0.3, 0.4) is 0 Å². The number of hydrogen-bond donors (Lipinski definition) is 1. The second-order valence-electron chi connectivity index (χ2n) is 4.43. The van der Waals surface area contributed by atoms with Crippen molar-refractivity contribution in [3.8, 4) is 0 Å². The van der Waals surface area contributed by atoms with E-state index in [0.29, 0.717) is 18.4 Å². The van der Waals surface area contributed by atoms with E-state index in [9.17, 15) is 4.79 Å². The zero-order valence-corrected chi connectivity index (χ0v) is 9.55.